The van der Waals surface area contributed by atoms with Crippen LogP contribution in [0.15, 0.2) is 0 Å². The summed E-state index contributed by atoms with van der Waals surface area (Å²) in [4.78, 5) is 2.55. The molecule has 0 saturated carbocycles. The normalized spacial score (nSPS) is 23.6. The van der Waals surface area contributed by atoms with Gasteiger partial charge >= 0.3 is 0 Å². The molecular formula is C13H28N2S. The van der Waals surface area contributed by atoms with Crippen molar-refractivity contribution in [2.24, 2.45) is 0 Å². The fraction of sp³-hybridized carbons (Fsp3) is 1.00. The Balaban J connectivity index is 2.18. The smallest absolute Gasteiger partial charge is 0.0180 e. The molecule has 1 fully saturated rings. The SMILES string of the molecule is CCC(CSC)N(C)CCC1CCCCN1. The summed E-state index contributed by atoms with van der Waals surface area (Å²) in [7, 11) is 2.28. The summed E-state index contributed by atoms with van der Waals surface area (Å²) in [5.74, 6) is 1.27. The fourth-order valence-corrected chi connectivity index (χ4v) is 3.34. The van der Waals surface area contributed by atoms with Crippen LogP contribution >= 0.6 is 11.8 Å². The molecule has 0 aromatic rings. The predicted octanol–water partition coefficient (Wildman–Crippen LogP) is 2.59. The zero-order chi connectivity index (χ0) is 11.8. The third-order valence-corrected chi connectivity index (χ3v) is 4.41. The van der Waals surface area contributed by atoms with E-state index in [0.29, 0.717) is 0 Å². The van der Waals surface area contributed by atoms with Crippen LogP contribution in [0.5, 0.6) is 0 Å². The van der Waals surface area contributed by atoms with E-state index in [1.807, 2.05) is 11.8 Å². The Morgan fingerprint density at radius 1 is 1.44 bits per heavy atom. The van der Waals surface area contributed by atoms with Gasteiger partial charge in [0.25, 0.3) is 0 Å². The molecule has 2 atom stereocenters. The Morgan fingerprint density at radius 3 is 2.81 bits per heavy atom. The molecule has 0 aromatic heterocycles. The molecule has 2 unspecified atom stereocenters. The minimum atomic E-state index is 0.763. The molecule has 3 heteroatoms. The van der Waals surface area contributed by atoms with Gasteiger partial charge in [-0.25, -0.2) is 0 Å². The Hall–Kier alpha value is 0.270. The second kappa shape index (κ2) is 8.37. The number of hydrogen-bond donors (Lipinski definition) is 1. The molecule has 1 heterocycles. The number of piperidine rings is 1. The van der Waals surface area contributed by atoms with E-state index >= 15 is 0 Å². The lowest BCUT2D eigenvalue weighted by Crippen LogP contribution is -2.40. The lowest BCUT2D eigenvalue weighted by molar-refractivity contribution is 0.233. The van der Waals surface area contributed by atoms with Gasteiger partial charge in [-0.15, -0.1) is 0 Å². The summed E-state index contributed by atoms with van der Waals surface area (Å²) in [6.07, 6.45) is 8.98. The van der Waals surface area contributed by atoms with E-state index < -0.39 is 0 Å². The highest BCUT2D eigenvalue weighted by atomic mass is 32.2. The van der Waals surface area contributed by atoms with Crippen molar-refractivity contribution in [3.63, 3.8) is 0 Å². The van der Waals surface area contributed by atoms with Gasteiger partial charge < -0.3 is 10.2 Å². The van der Waals surface area contributed by atoms with Crippen LogP contribution in [0, 0.1) is 0 Å². The second-order valence-electron chi connectivity index (χ2n) is 4.93. The molecular weight excluding hydrogens is 216 g/mol. The largest absolute Gasteiger partial charge is 0.314 e. The van der Waals surface area contributed by atoms with Gasteiger partial charge in [-0.2, -0.15) is 11.8 Å². The van der Waals surface area contributed by atoms with Crippen molar-refractivity contribution in [3.05, 3.63) is 0 Å². The zero-order valence-corrected chi connectivity index (χ0v) is 12.0. The first kappa shape index (κ1) is 14.3. The quantitative estimate of drug-likeness (QED) is 0.741. The Bertz CT molecular complexity index is 169. The van der Waals surface area contributed by atoms with Crippen LogP contribution in [0.1, 0.15) is 39.0 Å². The molecule has 0 spiro atoms. The molecule has 2 nitrogen and oxygen atoms in total. The van der Waals surface area contributed by atoms with Crippen LogP contribution in [0.25, 0.3) is 0 Å². The van der Waals surface area contributed by atoms with Crippen molar-refractivity contribution in [3.8, 4) is 0 Å². The molecule has 1 saturated heterocycles. The van der Waals surface area contributed by atoms with Crippen molar-refractivity contribution >= 4 is 11.8 Å². The molecule has 0 aromatic carbocycles. The second-order valence-corrected chi connectivity index (χ2v) is 5.84. The highest BCUT2D eigenvalue weighted by molar-refractivity contribution is 7.98. The van der Waals surface area contributed by atoms with Crippen LogP contribution < -0.4 is 5.32 Å². The average molecular weight is 244 g/mol. The summed E-state index contributed by atoms with van der Waals surface area (Å²) < 4.78 is 0. The first-order chi connectivity index (χ1) is 7.77. The molecule has 1 rings (SSSR count). The van der Waals surface area contributed by atoms with Gasteiger partial charge in [0.15, 0.2) is 0 Å². The van der Waals surface area contributed by atoms with Crippen molar-refractivity contribution in [1.29, 1.82) is 0 Å². The summed E-state index contributed by atoms with van der Waals surface area (Å²) in [6, 6.07) is 1.54. The van der Waals surface area contributed by atoms with Gasteiger partial charge in [0.1, 0.15) is 0 Å². The monoisotopic (exact) mass is 244 g/mol. The summed E-state index contributed by atoms with van der Waals surface area (Å²) in [5.41, 5.74) is 0. The minimum Gasteiger partial charge on any atom is -0.314 e. The van der Waals surface area contributed by atoms with E-state index in [1.54, 1.807) is 0 Å². The fourth-order valence-electron chi connectivity index (χ4n) is 2.46. The molecule has 0 amide bonds. The van der Waals surface area contributed by atoms with E-state index in [-0.39, 0.29) is 0 Å². The molecule has 96 valence electrons. The standard InChI is InChI=1S/C13H28N2S/c1-4-13(11-16-3)15(2)10-8-12-7-5-6-9-14-12/h12-14H,4-11H2,1-3H3. The molecule has 1 N–H and O–H groups in total. The molecule has 0 radical (unpaired) electrons. The van der Waals surface area contributed by atoms with E-state index in [1.165, 1.54) is 50.9 Å². The van der Waals surface area contributed by atoms with E-state index in [2.05, 4.69) is 30.4 Å². The van der Waals surface area contributed by atoms with Gasteiger partial charge in [-0.1, -0.05) is 13.3 Å². The number of hydrogen-bond acceptors (Lipinski definition) is 3. The molecule has 0 aliphatic carbocycles. The maximum Gasteiger partial charge on any atom is 0.0180 e. The van der Waals surface area contributed by atoms with Gasteiger partial charge in [0.2, 0.25) is 0 Å². The lowest BCUT2D eigenvalue weighted by atomic mass is 10.0. The molecule has 0 bridgehead atoms. The molecule has 16 heavy (non-hydrogen) atoms. The van der Waals surface area contributed by atoms with Gasteiger partial charge in [-0.3, -0.25) is 0 Å². The highest BCUT2D eigenvalue weighted by Crippen LogP contribution is 2.13. The van der Waals surface area contributed by atoms with Gasteiger partial charge in [0, 0.05) is 17.8 Å². The number of nitrogens with one attached hydrogen (secondary N) is 1. The van der Waals surface area contributed by atoms with Crippen LogP contribution in [0.3, 0.4) is 0 Å². The third-order valence-electron chi connectivity index (χ3n) is 3.70. The number of thioether (sulfide) groups is 1. The van der Waals surface area contributed by atoms with Crippen LogP contribution in [-0.4, -0.2) is 49.1 Å². The topological polar surface area (TPSA) is 15.3 Å². The van der Waals surface area contributed by atoms with Crippen LogP contribution in [0.2, 0.25) is 0 Å². The first-order valence-electron chi connectivity index (χ1n) is 6.70. The predicted molar refractivity (Wildman–Crippen MR) is 75.3 cm³/mol. The van der Waals surface area contributed by atoms with Crippen molar-refractivity contribution in [1.82, 2.24) is 10.2 Å². The Kier molecular flexibility index (Phi) is 7.50. The van der Waals surface area contributed by atoms with E-state index in [4.69, 9.17) is 0 Å². The summed E-state index contributed by atoms with van der Waals surface area (Å²) in [6.45, 7) is 4.78. The number of rotatable bonds is 7. The van der Waals surface area contributed by atoms with Gasteiger partial charge in [0.05, 0.1) is 0 Å². The van der Waals surface area contributed by atoms with E-state index in [0.717, 1.165) is 12.1 Å². The van der Waals surface area contributed by atoms with Crippen LogP contribution in [-0.2, 0) is 0 Å². The maximum atomic E-state index is 3.63. The van der Waals surface area contributed by atoms with E-state index in [9.17, 15) is 0 Å². The number of nitrogens with zero attached hydrogens (tertiary/aromatic N) is 1. The molecule has 1 aliphatic heterocycles. The van der Waals surface area contributed by atoms with Gasteiger partial charge in [-0.05, 0) is 52.1 Å². The Labute approximate surface area is 106 Å². The maximum absolute atomic E-state index is 3.63. The molecule has 1 aliphatic rings. The van der Waals surface area contributed by atoms with Crippen LogP contribution in [0.4, 0.5) is 0 Å². The zero-order valence-electron chi connectivity index (χ0n) is 11.2. The summed E-state index contributed by atoms with van der Waals surface area (Å²) in [5, 5.41) is 3.63. The van der Waals surface area contributed by atoms with Crippen molar-refractivity contribution in [2.75, 3.05) is 32.1 Å². The lowest BCUT2D eigenvalue weighted by Gasteiger charge is -2.30. The van der Waals surface area contributed by atoms with Crippen molar-refractivity contribution < 1.29 is 0 Å². The highest BCUT2D eigenvalue weighted by Gasteiger charge is 2.16. The Morgan fingerprint density at radius 2 is 2.25 bits per heavy atom. The summed E-state index contributed by atoms with van der Waals surface area (Å²) >= 11 is 1.97. The first-order valence-corrected chi connectivity index (χ1v) is 8.09. The van der Waals surface area contributed by atoms with Crippen molar-refractivity contribution in [2.45, 2.75) is 51.1 Å². The third kappa shape index (κ3) is 5.07. The minimum absolute atomic E-state index is 0.763. The average Bonchev–Trinajstić information content (AvgIpc) is 2.34.